The number of fused-ring (bicyclic) bond motifs is 1. The third-order valence-corrected chi connectivity index (χ3v) is 5.56. The van der Waals surface area contributed by atoms with Gasteiger partial charge < -0.3 is 15.1 Å². The van der Waals surface area contributed by atoms with Gasteiger partial charge in [-0.05, 0) is 51.0 Å². The molecule has 30 heavy (non-hydrogen) atoms. The van der Waals surface area contributed by atoms with E-state index in [0.717, 1.165) is 29.9 Å². The van der Waals surface area contributed by atoms with Crippen molar-refractivity contribution in [2.45, 2.75) is 26.2 Å². The van der Waals surface area contributed by atoms with Crippen LogP contribution in [0.1, 0.15) is 26.2 Å². The minimum atomic E-state index is 0.0418. The van der Waals surface area contributed by atoms with Crippen molar-refractivity contribution in [1.29, 1.82) is 0 Å². The molecular formula is C21H30N8O. The molecule has 2 fully saturated rings. The van der Waals surface area contributed by atoms with E-state index in [1.54, 1.807) is 15.4 Å². The minimum absolute atomic E-state index is 0.0418. The zero-order valence-corrected chi connectivity index (χ0v) is 18.2. The summed E-state index contributed by atoms with van der Waals surface area (Å²) in [6.45, 7) is 6.14. The van der Waals surface area contributed by atoms with Crippen LogP contribution < -0.4 is 10.2 Å². The van der Waals surface area contributed by atoms with Crippen LogP contribution in [0.15, 0.2) is 24.5 Å². The predicted molar refractivity (Wildman–Crippen MR) is 118 cm³/mol. The lowest BCUT2D eigenvalue weighted by Crippen LogP contribution is -2.36. The lowest BCUT2D eigenvalue weighted by atomic mass is 10.2. The van der Waals surface area contributed by atoms with Crippen LogP contribution in [0.25, 0.3) is 17.0 Å². The third-order valence-electron chi connectivity index (χ3n) is 5.56. The lowest BCUT2D eigenvalue weighted by molar-refractivity contribution is -0.117. The predicted octanol–water partition coefficient (Wildman–Crippen LogP) is 2.26. The molecule has 2 aliphatic rings. The van der Waals surface area contributed by atoms with Gasteiger partial charge in [0, 0.05) is 27.1 Å². The first kappa shape index (κ1) is 20.3. The number of carbonyl (C=O) groups excluding carboxylic acids is 1. The van der Waals surface area contributed by atoms with Crippen molar-refractivity contribution in [3.8, 4) is 11.4 Å². The molecule has 3 aromatic heterocycles. The summed E-state index contributed by atoms with van der Waals surface area (Å²) in [6, 6.07) is 3.81. The van der Waals surface area contributed by atoms with Crippen LogP contribution in [0, 0.1) is 5.92 Å². The molecule has 1 aliphatic heterocycles. The average molecular weight is 411 g/mol. The zero-order valence-electron chi connectivity index (χ0n) is 18.2. The van der Waals surface area contributed by atoms with Crippen molar-refractivity contribution in [3.63, 3.8) is 0 Å². The molecule has 1 aliphatic carbocycles. The highest BCUT2D eigenvalue weighted by molar-refractivity contribution is 5.93. The van der Waals surface area contributed by atoms with E-state index in [0.29, 0.717) is 11.5 Å². The van der Waals surface area contributed by atoms with Gasteiger partial charge in [-0.15, -0.1) is 0 Å². The van der Waals surface area contributed by atoms with Crippen LogP contribution in [0.4, 0.5) is 11.5 Å². The number of aryl methyl sites for hydroxylation is 1. The highest BCUT2D eigenvalue weighted by atomic mass is 16.2. The zero-order chi connectivity index (χ0) is 21.3. The third kappa shape index (κ3) is 4.30. The monoisotopic (exact) mass is 410 g/mol. The number of hydrogen-bond donors (Lipinski definition) is 1. The molecule has 1 saturated heterocycles. The van der Waals surface area contributed by atoms with Gasteiger partial charge in [0.15, 0.2) is 11.5 Å². The van der Waals surface area contributed by atoms with Gasteiger partial charge in [0.05, 0.1) is 18.1 Å². The summed E-state index contributed by atoms with van der Waals surface area (Å²) in [7, 11) is 5.84. The second-order valence-corrected chi connectivity index (χ2v) is 8.10. The van der Waals surface area contributed by atoms with E-state index in [9.17, 15) is 4.79 Å². The summed E-state index contributed by atoms with van der Waals surface area (Å²) in [6.07, 6.45) is 6.92. The van der Waals surface area contributed by atoms with E-state index in [4.69, 9.17) is 0 Å². The minimum Gasteiger partial charge on any atom is -0.375 e. The summed E-state index contributed by atoms with van der Waals surface area (Å²) in [5, 5.41) is 11.8. The second kappa shape index (κ2) is 8.43. The first-order chi connectivity index (χ1) is 14.5. The largest absolute Gasteiger partial charge is 0.375 e. The van der Waals surface area contributed by atoms with E-state index in [1.165, 1.54) is 26.1 Å². The van der Waals surface area contributed by atoms with Crippen LogP contribution in [0.2, 0.25) is 0 Å². The van der Waals surface area contributed by atoms with Gasteiger partial charge in [0.25, 0.3) is 0 Å². The normalized spacial score (nSPS) is 16.0. The SMILES string of the molecule is CCN1CCC1.CN(C)c1cnn(C)c1-c1ccc2nc(NC(=O)C3CC3)cn2n1. The van der Waals surface area contributed by atoms with Gasteiger partial charge in [-0.3, -0.25) is 9.48 Å². The fourth-order valence-corrected chi connectivity index (χ4v) is 3.39. The van der Waals surface area contributed by atoms with Crippen LogP contribution in [-0.4, -0.2) is 68.9 Å². The lowest BCUT2D eigenvalue weighted by Gasteiger charge is -2.28. The molecule has 0 spiro atoms. The molecule has 4 heterocycles. The molecule has 9 heteroatoms. The topological polar surface area (TPSA) is 83.6 Å². The maximum Gasteiger partial charge on any atom is 0.228 e. The first-order valence-corrected chi connectivity index (χ1v) is 10.6. The van der Waals surface area contributed by atoms with E-state index in [2.05, 4.69) is 32.3 Å². The van der Waals surface area contributed by atoms with Crippen molar-refractivity contribution in [3.05, 3.63) is 24.5 Å². The molecule has 1 amide bonds. The van der Waals surface area contributed by atoms with Crippen LogP contribution >= 0.6 is 0 Å². The molecule has 0 atom stereocenters. The van der Waals surface area contributed by atoms with Crippen molar-refractivity contribution < 1.29 is 4.79 Å². The molecule has 5 rings (SSSR count). The molecule has 3 aromatic rings. The highest BCUT2D eigenvalue weighted by Crippen LogP contribution is 2.30. The number of amides is 1. The first-order valence-electron chi connectivity index (χ1n) is 10.6. The molecule has 1 saturated carbocycles. The average Bonchev–Trinajstić information content (AvgIpc) is 3.34. The molecule has 0 unspecified atom stereocenters. The Kier molecular flexibility index (Phi) is 5.72. The maximum absolute atomic E-state index is 11.9. The number of anilines is 2. The molecule has 0 bridgehead atoms. The number of nitrogens with one attached hydrogen (secondary N) is 1. The Balaban J connectivity index is 0.000000313. The second-order valence-electron chi connectivity index (χ2n) is 8.10. The Morgan fingerprint density at radius 2 is 2.03 bits per heavy atom. The summed E-state index contributed by atoms with van der Waals surface area (Å²) in [4.78, 5) is 20.7. The Hall–Kier alpha value is -2.94. The number of nitrogens with zero attached hydrogens (tertiary/aromatic N) is 7. The fraction of sp³-hybridized carbons (Fsp3) is 0.524. The van der Waals surface area contributed by atoms with E-state index < -0.39 is 0 Å². The van der Waals surface area contributed by atoms with Crippen LogP contribution in [0.3, 0.4) is 0 Å². The van der Waals surface area contributed by atoms with Gasteiger partial charge in [-0.25, -0.2) is 9.50 Å². The molecule has 0 radical (unpaired) electrons. The Labute approximate surface area is 176 Å². The molecule has 160 valence electrons. The van der Waals surface area contributed by atoms with E-state index >= 15 is 0 Å². The number of imidazole rings is 1. The molecule has 9 nitrogen and oxygen atoms in total. The molecular weight excluding hydrogens is 380 g/mol. The standard InChI is InChI=1S/C16H19N7O.C5H11N/c1-21(2)12-8-17-22(3)15(12)11-6-7-14-18-13(9-23(14)20-11)19-16(24)10-4-5-10;1-2-6-4-3-5-6/h6-10H,4-5H2,1-3H3,(H,19,24);2-5H2,1H3. The number of hydrogen-bond acceptors (Lipinski definition) is 6. The number of carbonyl (C=O) groups is 1. The Bertz CT molecular complexity index is 1030. The van der Waals surface area contributed by atoms with Crippen molar-refractivity contribution >= 4 is 23.1 Å². The van der Waals surface area contributed by atoms with Crippen molar-refractivity contribution in [1.82, 2.24) is 29.3 Å². The van der Waals surface area contributed by atoms with Gasteiger partial charge >= 0.3 is 0 Å². The van der Waals surface area contributed by atoms with Gasteiger partial charge in [0.2, 0.25) is 5.91 Å². The Morgan fingerprint density at radius 1 is 1.27 bits per heavy atom. The molecule has 1 N–H and O–H groups in total. The van der Waals surface area contributed by atoms with Crippen molar-refractivity contribution in [2.24, 2.45) is 13.0 Å². The quantitative estimate of drug-likeness (QED) is 0.695. The van der Waals surface area contributed by atoms with Gasteiger partial charge in [-0.2, -0.15) is 10.2 Å². The summed E-state index contributed by atoms with van der Waals surface area (Å²) < 4.78 is 3.49. The number of likely N-dealkylation sites (tertiary alicyclic amines) is 1. The van der Waals surface area contributed by atoms with E-state index in [1.807, 2.05) is 44.4 Å². The summed E-state index contributed by atoms with van der Waals surface area (Å²) in [5.74, 6) is 0.727. The van der Waals surface area contributed by atoms with Crippen LogP contribution in [0.5, 0.6) is 0 Å². The fourth-order valence-electron chi connectivity index (χ4n) is 3.39. The van der Waals surface area contributed by atoms with E-state index in [-0.39, 0.29) is 11.8 Å². The molecule has 0 aromatic carbocycles. The number of rotatable bonds is 5. The van der Waals surface area contributed by atoms with Gasteiger partial charge in [-0.1, -0.05) is 6.92 Å². The summed E-state index contributed by atoms with van der Waals surface area (Å²) in [5.41, 5.74) is 3.41. The number of aromatic nitrogens is 5. The van der Waals surface area contributed by atoms with Crippen molar-refractivity contribution in [2.75, 3.05) is 43.9 Å². The van der Waals surface area contributed by atoms with Crippen LogP contribution in [-0.2, 0) is 11.8 Å². The van der Waals surface area contributed by atoms with Gasteiger partial charge in [0.1, 0.15) is 11.4 Å². The smallest absolute Gasteiger partial charge is 0.228 e. The maximum atomic E-state index is 11.9. The Morgan fingerprint density at radius 3 is 2.60 bits per heavy atom. The summed E-state index contributed by atoms with van der Waals surface area (Å²) >= 11 is 0. The highest BCUT2D eigenvalue weighted by Gasteiger charge is 2.30.